The Labute approximate surface area is 87.3 Å². The van der Waals surface area contributed by atoms with Crippen LogP contribution in [0.1, 0.15) is 26.2 Å². The van der Waals surface area contributed by atoms with Crippen molar-refractivity contribution in [1.29, 1.82) is 0 Å². The van der Waals surface area contributed by atoms with E-state index in [1.165, 1.54) is 0 Å². The zero-order valence-corrected chi connectivity index (χ0v) is 8.90. The van der Waals surface area contributed by atoms with E-state index in [2.05, 4.69) is 0 Å². The van der Waals surface area contributed by atoms with Crippen LogP contribution in [0.3, 0.4) is 0 Å². The van der Waals surface area contributed by atoms with Gasteiger partial charge in [0.2, 0.25) is 0 Å². The Morgan fingerprint density at radius 1 is 1.46 bits per heavy atom. The van der Waals surface area contributed by atoms with E-state index in [1.807, 2.05) is 0 Å². The lowest BCUT2D eigenvalue weighted by Crippen LogP contribution is -2.23. The van der Waals surface area contributed by atoms with E-state index >= 15 is 0 Å². The molecule has 0 bridgehead atoms. The molecule has 0 aliphatic rings. The van der Waals surface area contributed by atoms with Crippen molar-refractivity contribution in [3.05, 3.63) is 0 Å². The molecule has 1 atom stereocenters. The van der Waals surface area contributed by atoms with Crippen molar-refractivity contribution in [1.82, 2.24) is 0 Å². The predicted molar refractivity (Wildman–Crippen MR) is 51.0 cm³/mol. The van der Waals surface area contributed by atoms with Crippen LogP contribution in [0.5, 0.6) is 0 Å². The van der Waals surface area contributed by atoms with Crippen LogP contribution in [0.4, 0.5) is 0 Å². The number of alkyl halides is 1. The van der Waals surface area contributed by atoms with Gasteiger partial charge in [0, 0.05) is 12.3 Å². The fourth-order valence-electron chi connectivity index (χ4n) is 0.719. The third-order valence-electron chi connectivity index (χ3n) is 1.41. The van der Waals surface area contributed by atoms with Gasteiger partial charge in [-0.3, -0.25) is 9.59 Å². The van der Waals surface area contributed by atoms with Gasteiger partial charge < -0.3 is 4.74 Å². The number of esters is 1. The molecule has 76 valence electrons. The molecule has 0 saturated heterocycles. The van der Waals surface area contributed by atoms with E-state index in [4.69, 9.17) is 27.9 Å². The summed E-state index contributed by atoms with van der Waals surface area (Å²) < 4.78 is 4.78. The Kier molecular flexibility index (Phi) is 7.00. The second-order valence-electron chi connectivity index (χ2n) is 2.48. The van der Waals surface area contributed by atoms with Crippen LogP contribution in [0.25, 0.3) is 0 Å². The van der Waals surface area contributed by atoms with Crippen LogP contribution in [0, 0.1) is 0 Å². The molecule has 0 heterocycles. The molecule has 0 aliphatic heterocycles. The average Bonchev–Trinajstić information content (AvgIpc) is 2.10. The van der Waals surface area contributed by atoms with Crippen LogP contribution in [-0.2, 0) is 14.3 Å². The van der Waals surface area contributed by atoms with Crippen molar-refractivity contribution < 1.29 is 14.3 Å². The SMILES string of the molecule is CCC(OC(=O)CCCCl)C(=O)Cl. The van der Waals surface area contributed by atoms with E-state index in [0.29, 0.717) is 18.7 Å². The lowest BCUT2D eigenvalue weighted by atomic mass is 10.3. The normalized spacial score (nSPS) is 12.2. The van der Waals surface area contributed by atoms with Gasteiger partial charge in [0.25, 0.3) is 5.24 Å². The largest absolute Gasteiger partial charge is 0.453 e. The molecule has 0 aliphatic carbocycles. The zero-order valence-electron chi connectivity index (χ0n) is 7.39. The Bertz CT molecular complexity index is 182. The van der Waals surface area contributed by atoms with Crippen LogP contribution >= 0.6 is 23.2 Å². The van der Waals surface area contributed by atoms with Crippen molar-refractivity contribution in [2.45, 2.75) is 32.3 Å². The summed E-state index contributed by atoms with van der Waals surface area (Å²) in [4.78, 5) is 21.6. The Balaban J connectivity index is 3.80. The molecular formula is C8H12Cl2O3. The first kappa shape index (κ1) is 12.7. The fourth-order valence-corrected chi connectivity index (χ4v) is 1.05. The van der Waals surface area contributed by atoms with E-state index in [-0.39, 0.29) is 6.42 Å². The van der Waals surface area contributed by atoms with Gasteiger partial charge in [-0.1, -0.05) is 6.92 Å². The second kappa shape index (κ2) is 7.15. The van der Waals surface area contributed by atoms with Crippen molar-refractivity contribution in [3.63, 3.8) is 0 Å². The number of carbonyl (C=O) groups excluding carboxylic acids is 2. The quantitative estimate of drug-likeness (QED) is 0.396. The van der Waals surface area contributed by atoms with E-state index in [1.54, 1.807) is 6.92 Å². The van der Waals surface area contributed by atoms with Gasteiger partial charge in [-0.05, 0) is 24.4 Å². The van der Waals surface area contributed by atoms with Gasteiger partial charge in [0.05, 0.1) is 0 Å². The van der Waals surface area contributed by atoms with E-state index < -0.39 is 17.3 Å². The summed E-state index contributed by atoms with van der Waals surface area (Å²) in [5, 5.41) is -0.637. The summed E-state index contributed by atoms with van der Waals surface area (Å²) in [6.07, 6.45) is 0.358. The summed E-state index contributed by atoms with van der Waals surface area (Å²) >= 11 is 10.6. The number of hydrogen-bond acceptors (Lipinski definition) is 3. The lowest BCUT2D eigenvalue weighted by Gasteiger charge is -2.10. The summed E-state index contributed by atoms with van der Waals surface area (Å²) in [6.45, 7) is 1.72. The number of halogens is 2. The first-order chi connectivity index (χ1) is 6.11. The molecule has 0 spiro atoms. The molecule has 0 aromatic heterocycles. The predicted octanol–water partition coefficient (Wildman–Crippen LogP) is 2.09. The highest BCUT2D eigenvalue weighted by Gasteiger charge is 2.18. The minimum Gasteiger partial charge on any atom is -0.453 e. The Morgan fingerprint density at radius 2 is 2.08 bits per heavy atom. The first-order valence-corrected chi connectivity index (χ1v) is 4.97. The molecule has 0 fully saturated rings. The Hall–Kier alpha value is -0.280. The third-order valence-corrected chi connectivity index (χ3v) is 1.92. The number of hydrogen-bond donors (Lipinski definition) is 0. The zero-order chi connectivity index (χ0) is 10.3. The van der Waals surface area contributed by atoms with Crippen molar-refractivity contribution in [2.24, 2.45) is 0 Å². The summed E-state index contributed by atoms with van der Waals surface area (Å²) in [7, 11) is 0. The van der Waals surface area contributed by atoms with Gasteiger partial charge >= 0.3 is 5.97 Å². The van der Waals surface area contributed by atoms with Crippen LogP contribution in [0.15, 0.2) is 0 Å². The molecule has 0 radical (unpaired) electrons. The highest BCUT2D eigenvalue weighted by atomic mass is 35.5. The molecule has 3 nitrogen and oxygen atoms in total. The average molecular weight is 227 g/mol. The molecule has 0 aromatic carbocycles. The molecule has 0 rings (SSSR count). The molecule has 5 heteroatoms. The number of ether oxygens (including phenoxy) is 1. The van der Waals surface area contributed by atoms with E-state index in [0.717, 1.165) is 0 Å². The van der Waals surface area contributed by atoms with Crippen LogP contribution in [0.2, 0.25) is 0 Å². The molecule has 0 N–H and O–H groups in total. The smallest absolute Gasteiger partial charge is 0.306 e. The third kappa shape index (κ3) is 5.88. The van der Waals surface area contributed by atoms with Gasteiger partial charge in [0.15, 0.2) is 6.10 Å². The standard InChI is InChI=1S/C8H12Cl2O3/c1-2-6(8(10)12)13-7(11)4-3-5-9/h6H,2-5H2,1H3. The molecule has 1 unspecified atom stereocenters. The first-order valence-electron chi connectivity index (χ1n) is 4.06. The van der Waals surface area contributed by atoms with Gasteiger partial charge in [0.1, 0.15) is 0 Å². The van der Waals surface area contributed by atoms with Gasteiger partial charge in [-0.25, -0.2) is 0 Å². The Morgan fingerprint density at radius 3 is 2.46 bits per heavy atom. The number of carbonyl (C=O) groups is 2. The maximum Gasteiger partial charge on any atom is 0.306 e. The highest BCUT2D eigenvalue weighted by molar-refractivity contribution is 6.64. The maximum absolute atomic E-state index is 11.0. The monoisotopic (exact) mass is 226 g/mol. The molecule has 0 saturated carbocycles. The topological polar surface area (TPSA) is 43.4 Å². The minimum absolute atomic E-state index is 0.226. The lowest BCUT2D eigenvalue weighted by molar-refractivity contribution is -0.152. The molecule has 0 amide bonds. The van der Waals surface area contributed by atoms with Crippen molar-refractivity contribution in [3.8, 4) is 0 Å². The fraction of sp³-hybridized carbons (Fsp3) is 0.750. The van der Waals surface area contributed by atoms with Crippen LogP contribution in [-0.4, -0.2) is 23.2 Å². The van der Waals surface area contributed by atoms with E-state index in [9.17, 15) is 9.59 Å². The second-order valence-corrected chi connectivity index (χ2v) is 3.23. The summed E-state index contributed by atoms with van der Waals surface area (Å²) in [6, 6.07) is 0. The maximum atomic E-state index is 11.0. The van der Waals surface area contributed by atoms with Crippen LogP contribution < -0.4 is 0 Å². The van der Waals surface area contributed by atoms with Crippen molar-refractivity contribution >= 4 is 34.4 Å². The minimum atomic E-state index is -0.815. The molecular weight excluding hydrogens is 215 g/mol. The van der Waals surface area contributed by atoms with Gasteiger partial charge in [-0.2, -0.15) is 0 Å². The summed E-state index contributed by atoms with van der Waals surface area (Å²) in [5.74, 6) is -0.0257. The van der Waals surface area contributed by atoms with Gasteiger partial charge in [-0.15, -0.1) is 11.6 Å². The molecule has 13 heavy (non-hydrogen) atoms. The highest BCUT2D eigenvalue weighted by Crippen LogP contribution is 2.05. The van der Waals surface area contributed by atoms with Crippen molar-refractivity contribution in [2.75, 3.05) is 5.88 Å². The number of rotatable bonds is 6. The molecule has 0 aromatic rings. The summed E-state index contributed by atoms with van der Waals surface area (Å²) in [5.41, 5.74) is 0.